The molecule has 0 saturated carbocycles. The molecular formula is C24H28N4O4. The molecule has 0 aliphatic carbocycles. The fraction of sp³-hybridized carbons (Fsp3) is 0.375. The molecule has 0 radical (unpaired) electrons. The summed E-state index contributed by atoms with van der Waals surface area (Å²) < 4.78 is 10.8. The van der Waals surface area contributed by atoms with E-state index in [0.717, 1.165) is 41.1 Å². The number of aromatic nitrogens is 1. The van der Waals surface area contributed by atoms with E-state index in [2.05, 4.69) is 21.6 Å². The number of carbonyl (C=O) groups excluding carboxylic acids is 2. The Morgan fingerprint density at radius 2 is 1.81 bits per heavy atom. The highest BCUT2D eigenvalue weighted by Gasteiger charge is 2.15. The van der Waals surface area contributed by atoms with E-state index in [4.69, 9.17) is 14.1 Å². The molecule has 3 aromatic rings. The summed E-state index contributed by atoms with van der Waals surface area (Å²) >= 11 is 0. The average molecular weight is 437 g/mol. The quantitative estimate of drug-likeness (QED) is 0.590. The van der Waals surface area contributed by atoms with E-state index < -0.39 is 0 Å². The highest BCUT2D eigenvalue weighted by Crippen LogP contribution is 2.26. The number of morpholine rings is 1. The largest absolute Gasteiger partial charge is 0.465 e. The maximum atomic E-state index is 12.3. The third-order valence-electron chi connectivity index (χ3n) is 5.46. The van der Waals surface area contributed by atoms with Crippen LogP contribution in [-0.2, 0) is 20.9 Å². The van der Waals surface area contributed by atoms with Gasteiger partial charge in [-0.25, -0.2) is 4.98 Å². The van der Waals surface area contributed by atoms with E-state index in [-0.39, 0.29) is 24.7 Å². The van der Waals surface area contributed by atoms with Crippen LogP contribution in [0.3, 0.4) is 0 Å². The van der Waals surface area contributed by atoms with Crippen molar-refractivity contribution in [1.29, 1.82) is 0 Å². The monoisotopic (exact) mass is 436 g/mol. The van der Waals surface area contributed by atoms with Crippen molar-refractivity contribution >= 4 is 34.2 Å². The highest BCUT2D eigenvalue weighted by molar-refractivity contribution is 5.96. The molecule has 1 aromatic carbocycles. The van der Waals surface area contributed by atoms with Gasteiger partial charge in [-0.1, -0.05) is 0 Å². The van der Waals surface area contributed by atoms with Crippen LogP contribution in [0.25, 0.3) is 10.9 Å². The van der Waals surface area contributed by atoms with Gasteiger partial charge < -0.3 is 24.7 Å². The normalized spacial score (nSPS) is 13.9. The molecule has 3 heterocycles. The van der Waals surface area contributed by atoms with E-state index in [1.165, 1.54) is 0 Å². The molecule has 1 saturated heterocycles. The predicted molar refractivity (Wildman–Crippen MR) is 123 cm³/mol. The van der Waals surface area contributed by atoms with Crippen molar-refractivity contribution in [1.82, 2.24) is 10.3 Å². The highest BCUT2D eigenvalue weighted by atomic mass is 16.5. The number of furan rings is 1. The van der Waals surface area contributed by atoms with Crippen LogP contribution < -0.4 is 15.5 Å². The molecule has 32 heavy (non-hydrogen) atoms. The third kappa shape index (κ3) is 5.45. The lowest BCUT2D eigenvalue weighted by Crippen LogP contribution is -2.36. The number of amides is 2. The fourth-order valence-electron chi connectivity index (χ4n) is 3.71. The van der Waals surface area contributed by atoms with Crippen molar-refractivity contribution in [2.24, 2.45) is 0 Å². The van der Waals surface area contributed by atoms with Crippen molar-refractivity contribution in [3.05, 3.63) is 53.5 Å². The Balaban J connectivity index is 1.32. The minimum Gasteiger partial charge on any atom is -0.465 e. The number of anilines is 2. The number of aryl methyl sites for hydroxylation is 2. The minimum atomic E-state index is -0.205. The smallest absolute Gasteiger partial charge is 0.224 e. The number of nitrogens with one attached hydrogen (secondary N) is 2. The van der Waals surface area contributed by atoms with Gasteiger partial charge in [0.2, 0.25) is 11.8 Å². The van der Waals surface area contributed by atoms with Gasteiger partial charge in [0.15, 0.2) is 0 Å². The van der Waals surface area contributed by atoms with Gasteiger partial charge in [-0.05, 0) is 55.8 Å². The first-order valence-electron chi connectivity index (χ1n) is 10.8. The number of ether oxygens (including phenoxy) is 1. The molecule has 1 aliphatic heterocycles. The van der Waals surface area contributed by atoms with E-state index in [0.29, 0.717) is 31.2 Å². The lowest BCUT2D eigenvalue weighted by molar-refractivity contribution is -0.124. The van der Waals surface area contributed by atoms with E-state index in [9.17, 15) is 9.59 Å². The molecule has 2 N–H and O–H groups in total. The summed E-state index contributed by atoms with van der Waals surface area (Å²) in [7, 11) is 0. The molecule has 1 aliphatic rings. The standard InChI is InChI=1S/C24H28N4O4/c1-16-13-22(28-9-11-31-12-10-28)27-21-6-4-18(14-20(16)21)26-24(30)8-7-23(29)25-15-19-5-3-17(2)32-19/h3-6,13-14H,7-12,15H2,1-2H3,(H,25,29)(H,26,30). The molecule has 2 amide bonds. The van der Waals surface area contributed by atoms with Crippen LogP contribution in [0.2, 0.25) is 0 Å². The first kappa shape index (κ1) is 21.8. The number of fused-ring (bicyclic) bond motifs is 1. The molecule has 168 valence electrons. The SMILES string of the molecule is Cc1ccc(CNC(=O)CCC(=O)Nc2ccc3nc(N4CCOCC4)cc(C)c3c2)o1. The number of nitrogens with zero attached hydrogens (tertiary/aromatic N) is 2. The lowest BCUT2D eigenvalue weighted by Gasteiger charge is -2.28. The van der Waals surface area contributed by atoms with Crippen molar-refractivity contribution in [3.8, 4) is 0 Å². The predicted octanol–water partition coefficient (Wildman–Crippen LogP) is 3.32. The molecular weight excluding hydrogens is 408 g/mol. The Labute approximate surface area is 186 Å². The minimum absolute atomic E-state index is 0.105. The number of carbonyl (C=O) groups is 2. The molecule has 0 bridgehead atoms. The Morgan fingerprint density at radius 3 is 2.56 bits per heavy atom. The van der Waals surface area contributed by atoms with Crippen LogP contribution in [-0.4, -0.2) is 43.1 Å². The zero-order valence-corrected chi connectivity index (χ0v) is 18.4. The number of pyridine rings is 1. The summed E-state index contributed by atoms with van der Waals surface area (Å²) in [6.07, 6.45) is 0.219. The summed E-state index contributed by atoms with van der Waals surface area (Å²) in [6.45, 7) is 7.31. The zero-order chi connectivity index (χ0) is 22.5. The van der Waals surface area contributed by atoms with Crippen molar-refractivity contribution in [2.45, 2.75) is 33.2 Å². The third-order valence-corrected chi connectivity index (χ3v) is 5.46. The fourth-order valence-corrected chi connectivity index (χ4v) is 3.71. The number of hydrogen-bond acceptors (Lipinski definition) is 6. The summed E-state index contributed by atoms with van der Waals surface area (Å²) in [5.41, 5.74) is 2.68. The zero-order valence-electron chi connectivity index (χ0n) is 18.4. The molecule has 4 rings (SSSR count). The first-order valence-corrected chi connectivity index (χ1v) is 10.8. The van der Waals surface area contributed by atoms with Gasteiger partial charge in [0.25, 0.3) is 0 Å². The van der Waals surface area contributed by atoms with Crippen molar-refractivity contribution in [3.63, 3.8) is 0 Å². The molecule has 0 unspecified atom stereocenters. The molecule has 8 nitrogen and oxygen atoms in total. The number of hydrogen-bond donors (Lipinski definition) is 2. The molecule has 2 aromatic heterocycles. The Bertz CT molecular complexity index is 1120. The van der Waals surface area contributed by atoms with Crippen LogP contribution >= 0.6 is 0 Å². The summed E-state index contributed by atoms with van der Waals surface area (Å²) in [5.74, 6) is 2.04. The second-order valence-electron chi connectivity index (χ2n) is 7.97. The topological polar surface area (TPSA) is 96.7 Å². The van der Waals surface area contributed by atoms with Gasteiger partial charge in [-0.15, -0.1) is 0 Å². The Kier molecular flexibility index (Phi) is 6.70. The molecule has 0 atom stereocenters. The van der Waals surface area contributed by atoms with Crippen LogP contribution in [0.15, 0.2) is 40.8 Å². The van der Waals surface area contributed by atoms with Crippen molar-refractivity contribution < 1.29 is 18.7 Å². The Hall–Kier alpha value is -3.39. The number of rotatable bonds is 7. The van der Waals surface area contributed by atoms with Crippen LogP contribution in [0.4, 0.5) is 11.5 Å². The molecule has 1 fully saturated rings. The summed E-state index contributed by atoms with van der Waals surface area (Å²) in [6, 6.07) is 11.4. The summed E-state index contributed by atoms with van der Waals surface area (Å²) in [5, 5.41) is 6.63. The van der Waals surface area contributed by atoms with Gasteiger partial charge in [0.05, 0.1) is 25.3 Å². The van der Waals surface area contributed by atoms with E-state index in [1.54, 1.807) is 0 Å². The second-order valence-corrected chi connectivity index (χ2v) is 7.97. The maximum absolute atomic E-state index is 12.3. The second kappa shape index (κ2) is 9.82. The Morgan fingerprint density at radius 1 is 1.03 bits per heavy atom. The lowest BCUT2D eigenvalue weighted by atomic mass is 10.1. The van der Waals surface area contributed by atoms with Crippen LogP contribution in [0.5, 0.6) is 0 Å². The van der Waals surface area contributed by atoms with E-state index >= 15 is 0 Å². The average Bonchev–Trinajstić information content (AvgIpc) is 3.22. The van der Waals surface area contributed by atoms with Gasteiger partial charge in [-0.3, -0.25) is 9.59 Å². The molecule has 0 spiro atoms. The van der Waals surface area contributed by atoms with Crippen LogP contribution in [0, 0.1) is 13.8 Å². The van der Waals surface area contributed by atoms with Gasteiger partial charge in [-0.2, -0.15) is 0 Å². The van der Waals surface area contributed by atoms with Crippen molar-refractivity contribution in [2.75, 3.05) is 36.5 Å². The number of benzene rings is 1. The summed E-state index contributed by atoms with van der Waals surface area (Å²) in [4.78, 5) is 31.4. The first-order chi connectivity index (χ1) is 15.5. The van der Waals surface area contributed by atoms with Gasteiger partial charge in [0, 0.05) is 37.0 Å². The van der Waals surface area contributed by atoms with E-state index in [1.807, 2.05) is 44.2 Å². The van der Waals surface area contributed by atoms with Gasteiger partial charge in [0.1, 0.15) is 17.3 Å². The molecule has 8 heteroatoms. The van der Waals surface area contributed by atoms with Crippen LogP contribution in [0.1, 0.15) is 29.9 Å². The maximum Gasteiger partial charge on any atom is 0.224 e. The van der Waals surface area contributed by atoms with Gasteiger partial charge >= 0.3 is 0 Å².